The summed E-state index contributed by atoms with van der Waals surface area (Å²) in [6.45, 7) is 2.69. The summed E-state index contributed by atoms with van der Waals surface area (Å²) < 4.78 is 0. The van der Waals surface area contributed by atoms with Crippen LogP contribution in [0.15, 0.2) is 0 Å². The zero-order valence-corrected chi connectivity index (χ0v) is 11.7. The van der Waals surface area contributed by atoms with Crippen LogP contribution in [0.4, 0.5) is 0 Å². The Balaban J connectivity index is 1.77. The molecule has 3 fully saturated rings. The Hall–Kier alpha value is 0. The van der Waals surface area contributed by atoms with Crippen molar-refractivity contribution in [2.45, 2.75) is 84.0 Å². The molecule has 0 bridgehead atoms. The Morgan fingerprint density at radius 3 is 2.18 bits per heavy atom. The summed E-state index contributed by atoms with van der Waals surface area (Å²) in [4.78, 5) is 0. The average molecular weight is 234 g/mol. The Labute approximate surface area is 108 Å². The molecule has 0 amide bonds. The summed E-state index contributed by atoms with van der Waals surface area (Å²) >= 11 is 0. The van der Waals surface area contributed by atoms with E-state index in [1.54, 1.807) is 38.5 Å². The summed E-state index contributed by atoms with van der Waals surface area (Å²) in [6, 6.07) is 0. The molecule has 3 aliphatic rings. The summed E-state index contributed by atoms with van der Waals surface area (Å²) in [5.74, 6) is 3.31. The van der Waals surface area contributed by atoms with Crippen LogP contribution in [0.5, 0.6) is 0 Å². The fraction of sp³-hybridized carbons (Fsp3) is 1.00. The van der Waals surface area contributed by atoms with Gasteiger partial charge in [-0.1, -0.05) is 58.3 Å². The molecule has 3 rings (SSSR count). The molecule has 0 heterocycles. The number of fused-ring (bicyclic) bond motifs is 1. The quantitative estimate of drug-likeness (QED) is 0.557. The van der Waals surface area contributed by atoms with Crippen LogP contribution in [0, 0.1) is 23.2 Å². The predicted octanol–water partition coefficient (Wildman–Crippen LogP) is 5.56. The molecule has 0 heteroatoms. The van der Waals surface area contributed by atoms with Gasteiger partial charge in [0.1, 0.15) is 0 Å². The highest BCUT2D eigenvalue weighted by atomic mass is 14.5. The molecule has 0 aromatic rings. The summed E-state index contributed by atoms with van der Waals surface area (Å²) in [5, 5.41) is 0. The van der Waals surface area contributed by atoms with Gasteiger partial charge in [0.2, 0.25) is 0 Å². The summed E-state index contributed by atoms with van der Waals surface area (Å²) in [7, 11) is 0. The Morgan fingerprint density at radius 1 is 0.706 bits per heavy atom. The van der Waals surface area contributed by atoms with Gasteiger partial charge < -0.3 is 0 Å². The third kappa shape index (κ3) is 2.17. The zero-order chi connectivity index (χ0) is 11.7. The van der Waals surface area contributed by atoms with E-state index in [0.29, 0.717) is 0 Å². The lowest BCUT2D eigenvalue weighted by Gasteiger charge is -2.53. The largest absolute Gasteiger partial charge is 0.0591 e. The van der Waals surface area contributed by atoms with Crippen LogP contribution in [0.2, 0.25) is 0 Å². The molecule has 3 atom stereocenters. The summed E-state index contributed by atoms with van der Waals surface area (Å²) in [6.07, 6.45) is 18.5. The van der Waals surface area contributed by atoms with Gasteiger partial charge in [0.25, 0.3) is 0 Å². The van der Waals surface area contributed by atoms with Crippen LogP contribution in [-0.2, 0) is 0 Å². The fourth-order valence-electron chi connectivity index (χ4n) is 5.62. The molecule has 3 unspecified atom stereocenters. The van der Waals surface area contributed by atoms with Crippen molar-refractivity contribution in [1.29, 1.82) is 0 Å². The van der Waals surface area contributed by atoms with Crippen LogP contribution < -0.4 is 0 Å². The van der Waals surface area contributed by atoms with Crippen molar-refractivity contribution in [1.82, 2.24) is 0 Å². The van der Waals surface area contributed by atoms with Gasteiger partial charge in [0.15, 0.2) is 0 Å². The number of rotatable bonds is 1. The Kier molecular flexibility index (Phi) is 3.50. The van der Waals surface area contributed by atoms with Gasteiger partial charge in [-0.2, -0.15) is 0 Å². The van der Waals surface area contributed by atoms with Crippen LogP contribution in [0.3, 0.4) is 0 Å². The highest BCUT2D eigenvalue weighted by molar-refractivity contribution is 4.97. The smallest absolute Gasteiger partial charge is 0.0267 e. The van der Waals surface area contributed by atoms with Crippen LogP contribution in [0.1, 0.15) is 84.0 Å². The van der Waals surface area contributed by atoms with Crippen molar-refractivity contribution in [2.75, 3.05) is 0 Å². The van der Waals surface area contributed by atoms with E-state index in [4.69, 9.17) is 0 Å². The van der Waals surface area contributed by atoms with E-state index >= 15 is 0 Å². The molecule has 0 saturated heterocycles. The van der Waals surface area contributed by atoms with Crippen molar-refractivity contribution < 1.29 is 0 Å². The Bertz CT molecular complexity index is 249. The lowest BCUT2D eigenvalue weighted by molar-refractivity contribution is -0.0338. The third-order valence-electron chi connectivity index (χ3n) is 6.58. The van der Waals surface area contributed by atoms with Crippen molar-refractivity contribution >= 4 is 0 Å². The van der Waals surface area contributed by atoms with E-state index in [1.807, 2.05) is 0 Å². The SMILES string of the molecule is CC1(C2CCCCC2)CCCC2CCCCC21. The molecule has 0 nitrogen and oxygen atoms in total. The number of hydrogen-bond donors (Lipinski definition) is 0. The van der Waals surface area contributed by atoms with Crippen molar-refractivity contribution in [2.24, 2.45) is 23.2 Å². The molecular weight excluding hydrogens is 204 g/mol. The molecule has 98 valence electrons. The Morgan fingerprint density at radius 2 is 1.35 bits per heavy atom. The fourth-order valence-corrected chi connectivity index (χ4v) is 5.62. The number of hydrogen-bond acceptors (Lipinski definition) is 0. The first-order valence-corrected chi connectivity index (χ1v) is 8.31. The molecule has 0 spiro atoms. The molecule has 0 aromatic heterocycles. The first kappa shape index (κ1) is 12.1. The highest BCUT2D eigenvalue weighted by Gasteiger charge is 2.47. The molecule has 3 saturated carbocycles. The average Bonchev–Trinajstić information content (AvgIpc) is 2.40. The predicted molar refractivity (Wildman–Crippen MR) is 74.0 cm³/mol. The standard InChI is InChI=1S/C17H30/c1-17(15-10-3-2-4-11-15)13-7-9-14-8-5-6-12-16(14)17/h14-16H,2-13H2,1H3. The van der Waals surface area contributed by atoms with Gasteiger partial charge in [0.05, 0.1) is 0 Å². The van der Waals surface area contributed by atoms with Gasteiger partial charge in [0, 0.05) is 0 Å². The van der Waals surface area contributed by atoms with Crippen molar-refractivity contribution in [3.05, 3.63) is 0 Å². The molecule has 0 N–H and O–H groups in total. The minimum atomic E-state index is 0.740. The van der Waals surface area contributed by atoms with E-state index in [2.05, 4.69) is 6.92 Å². The maximum absolute atomic E-state index is 2.69. The molecule has 3 aliphatic carbocycles. The maximum atomic E-state index is 2.69. The zero-order valence-electron chi connectivity index (χ0n) is 11.7. The lowest BCUT2D eigenvalue weighted by atomic mass is 9.52. The minimum absolute atomic E-state index is 0.740. The molecule has 0 aliphatic heterocycles. The first-order chi connectivity index (χ1) is 8.31. The second-order valence-electron chi connectivity index (χ2n) is 7.38. The van der Waals surface area contributed by atoms with Gasteiger partial charge in [-0.15, -0.1) is 0 Å². The third-order valence-corrected chi connectivity index (χ3v) is 6.58. The first-order valence-electron chi connectivity index (χ1n) is 8.31. The maximum Gasteiger partial charge on any atom is -0.0267 e. The van der Waals surface area contributed by atoms with Crippen molar-refractivity contribution in [3.63, 3.8) is 0 Å². The van der Waals surface area contributed by atoms with E-state index in [-0.39, 0.29) is 0 Å². The van der Waals surface area contributed by atoms with E-state index in [9.17, 15) is 0 Å². The highest BCUT2D eigenvalue weighted by Crippen LogP contribution is 2.56. The van der Waals surface area contributed by atoms with Crippen LogP contribution in [-0.4, -0.2) is 0 Å². The molecule has 17 heavy (non-hydrogen) atoms. The molecule has 0 aromatic carbocycles. The van der Waals surface area contributed by atoms with E-state index < -0.39 is 0 Å². The normalized spacial score (nSPS) is 44.3. The monoisotopic (exact) mass is 234 g/mol. The summed E-state index contributed by atoms with van der Waals surface area (Å²) in [5.41, 5.74) is 0.740. The van der Waals surface area contributed by atoms with Gasteiger partial charge >= 0.3 is 0 Å². The van der Waals surface area contributed by atoms with E-state index in [1.165, 1.54) is 38.5 Å². The van der Waals surface area contributed by atoms with Gasteiger partial charge in [-0.3, -0.25) is 0 Å². The molecule has 0 radical (unpaired) electrons. The van der Waals surface area contributed by atoms with E-state index in [0.717, 1.165) is 23.2 Å². The lowest BCUT2D eigenvalue weighted by Crippen LogP contribution is -2.44. The molecular formula is C17H30. The topological polar surface area (TPSA) is 0 Å². The van der Waals surface area contributed by atoms with Crippen LogP contribution >= 0.6 is 0 Å². The van der Waals surface area contributed by atoms with Crippen molar-refractivity contribution in [3.8, 4) is 0 Å². The second kappa shape index (κ2) is 4.94. The van der Waals surface area contributed by atoms with Crippen LogP contribution in [0.25, 0.3) is 0 Å². The minimum Gasteiger partial charge on any atom is -0.0591 e. The van der Waals surface area contributed by atoms with Gasteiger partial charge in [-0.05, 0) is 48.9 Å². The second-order valence-corrected chi connectivity index (χ2v) is 7.38. The van der Waals surface area contributed by atoms with Gasteiger partial charge in [-0.25, -0.2) is 0 Å².